The number of nitrogens with two attached hydrogens (primary N) is 1. The number of H-pyrrole nitrogens is 1. The fourth-order valence-corrected chi connectivity index (χ4v) is 6.95. The standard InChI is InChI=1S/C39H34N11/c40-36-34(10-6-19-42-36)50-39-31-23-30(27-7-2-1-3-8-27)35(44-32(31)17-22-49(39)25-43-50)28-13-11-26(12-14-28)24-48-20-15-29(16-21-48)37-45-38(47-46-37)33-9-4-5-18-41-33/h1-14,17-19,22-23,25,29H,15-16,20-21,24H2,(H2,40,42)(H,45,46,47)/q+1. The molecular formula is C39H34N11+. The molecule has 1 fully saturated rings. The number of aromatic amines is 1. The van der Waals surface area contributed by atoms with Gasteiger partial charge < -0.3 is 5.73 Å². The second-order valence-electron chi connectivity index (χ2n) is 12.7. The number of aromatic nitrogens is 9. The highest BCUT2D eigenvalue weighted by atomic mass is 15.4. The molecule has 8 aromatic rings. The van der Waals surface area contributed by atoms with E-state index < -0.39 is 0 Å². The maximum Gasteiger partial charge on any atom is 0.280 e. The Hall–Kier alpha value is -6.33. The molecule has 3 N–H and O–H groups in total. The predicted octanol–water partition coefficient (Wildman–Crippen LogP) is 6.03. The lowest BCUT2D eigenvalue weighted by Crippen LogP contribution is -2.32. The van der Waals surface area contributed by atoms with E-state index >= 15 is 0 Å². The van der Waals surface area contributed by atoms with Gasteiger partial charge in [0.2, 0.25) is 0 Å². The van der Waals surface area contributed by atoms with Crippen molar-refractivity contribution in [1.29, 1.82) is 0 Å². The lowest BCUT2D eigenvalue weighted by molar-refractivity contribution is -0.511. The maximum absolute atomic E-state index is 6.28. The first-order valence-electron chi connectivity index (χ1n) is 16.8. The highest BCUT2D eigenvalue weighted by molar-refractivity contribution is 5.97. The van der Waals surface area contributed by atoms with Crippen LogP contribution in [0.1, 0.15) is 30.1 Å². The monoisotopic (exact) mass is 656 g/mol. The van der Waals surface area contributed by atoms with Crippen LogP contribution < -0.4 is 10.1 Å². The number of piperidine rings is 1. The number of pyridine rings is 4. The van der Waals surface area contributed by atoms with Crippen LogP contribution in [0.5, 0.6) is 0 Å². The molecule has 0 aliphatic carbocycles. The number of fused-ring (bicyclic) bond motifs is 3. The van der Waals surface area contributed by atoms with E-state index in [9.17, 15) is 0 Å². The summed E-state index contributed by atoms with van der Waals surface area (Å²) in [6, 6.07) is 33.1. The fourth-order valence-electron chi connectivity index (χ4n) is 6.95. The average molecular weight is 657 g/mol. The quantitative estimate of drug-likeness (QED) is 0.199. The van der Waals surface area contributed by atoms with Crippen molar-refractivity contribution in [1.82, 2.24) is 44.8 Å². The Morgan fingerprint density at radius 3 is 2.44 bits per heavy atom. The second kappa shape index (κ2) is 12.6. The lowest BCUT2D eigenvalue weighted by atomic mass is 9.95. The molecule has 0 spiro atoms. The van der Waals surface area contributed by atoms with E-state index in [1.807, 2.05) is 57.7 Å². The number of rotatable bonds is 7. The van der Waals surface area contributed by atoms with Gasteiger partial charge in [0, 0.05) is 41.1 Å². The normalized spacial score (nSPS) is 14.1. The van der Waals surface area contributed by atoms with E-state index in [1.54, 1.807) is 18.7 Å². The van der Waals surface area contributed by atoms with Crippen LogP contribution >= 0.6 is 0 Å². The molecule has 2 aromatic carbocycles. The first-order valence-corrected chi connectivity index (χ1v) is 16.8. The van der Waals surface area contributed by atoms with Gasteiger partial charge in [0.1, 0.15) is 11.5 Å². The molecular weight excluding hydrogens is 623 g/mol. The van der Waals surface area contributed by atoms with Crippen molar-refractivity contribution in [3.63, 3.8) is 0 Å². The highest BCUT2D eigenvalue weighted by Gasteiger charge is 2.25. The van der Waals surface area contributed by atoms with Crippen LogP contribution in [-0.2, 0) is 6.54 Å². The lowest BCUT2D eigenvalue weighted by Gasteiger charge is -2.31. The molecule has 0 amide bonds. The zero-order valence-electron chi connectivity index (χ0n) is 27.3. The van der Waals surface area contributed by atoms with Crippen LogP contribution in [0.2, 0.25) is 0 Å². The molecule has 1 aliphatic heterocycles. The Labute approximate surface area is 288 Å². The molecule has 7 heterocycles. The van der Waals surface area contributed by atoms with Crippen molar-refractivity contribution < 1.29 is 4.40 Å². The number of likely N-dealkylation sites (tertiary alicyclic amines) is 1. The summed E-state index contributed by atoms with van der Waals surface area (Å²) >= 11 is 0. The molecule has 50 heavy (non-hydrogen) atoms. The molecule has 1 aliphatic rings. The van der Waals surface area contributed by atoms with E-state index in [1.165, 1.54) is 5.56 Å². The van der Waals surface area contributed by atoms with Gasteiger partial charge in [-0.1, -0.05) is 65.3 Å². The first-order chi connectivity index (χ1) is 24.7. The average Bonchev–Trinajstić information content (AvgIpc) is 3.85. The minimum atomic E-state index is 0.369. The molecule has 11 nitrogen and oxygen atoms in total. The van der Waals surface area contributed by atoms with Gasteiger partial charge in [0.05, 0.1) is 22.8 Å². The summed E-state index contributed by atoms with van der Waals surface area (Å²) in [7, 11) is 0. The number of benzene rings is 2. The number of anilines is 1. The Balaban J connectivity index is 0.984. The van der Waals surface area contributed by atoms with Crippen LogP contribution in [0, 0.1) is 0 Å². The number of nitrogens with one attached hydrogen (secondary N) is 1. The van der Waals surface area contributed by atoms with Crippen molar-refractivity contribution in [2.75, 3.05) is 18.8 Å². The van der Waals surface area contributed by atoms with Gasteiger partial charge in [-0.2, -0.15) is 5.10 Å². The van der Waals surface area contributed by atoms with Crippen LogP contribution in [0.3, 0.4) is 0 Å². The Morgan fingerprint density at radius 1 is 0.820 bits per heavy atom. The summed E-state index contributed by atoms with van der Waals surface area (Å²) in [6.45, 7) is 2.91. The molecule has 0 saturated carbocycles. The Morgan fingerprint density at radius 2 is 1.64 bits per heavy atom. The SMILES string of the molecule is Nc1ncccc1-n1nc[n+]2ccc3nc(-c4ccc(CN5CCC(c6nc(-c7ccccn7)n[nH]6)CC5)cc4)c(-c4ccccc4)cc3c12. The second-order valence-corrected chi connectivity index (χ2v) is 12.7. The third kappa shape index (κ3) is 5.53. The third-order valence-corrected chi connectivity index (χ3v) is 9.56. The van der Waals surface area contributed by atoms with Crippen LogP contribution in [0.4, 0.5) is 5.82 Å². The summed E-state index contributed by atoms with van der Waals surface area (Å²) in [4.78, 5) is 21.2. The molecule has 244 valence electrons. The Bertz CT molecular complexity index is 2430. The minimum absolute atomic E-state index is 0.369. The van der Waals surface area contributed by atoms with Gasteiger partial charge in [-0.3, -0.25) is 15.0 Å². The van der Waals surface area contributed by atoms with Gasteiger partial charge in [0.25, 0.3) is 12.0 Å². The third-order valence-electron chi connectivity index (χ3n) is 9.56. The zero-order valence-corrected chi connectivity index (χ0v) is 27.3. The number of hydrogen-bond donors (Lipinski definition) is 2. The summed E-state index contributed by atoms with van der Waals surface area (Å²) in [5, 5.41) is 13.2. The van der Waals surface area contributed by atoms with Crippen LogP contribution in [-0.4, -0.2) is 57.9 Å². The summed E-state index contributed by atoms with van der Waals surface area (Å²) in [5.41, 5.74) is 15.0. The smallest absolute Gasteiger partial charge is 0.280 e. The van der Waals surface area contributed by atoms with Crippen LogP contribution in [0.15, 0.2) is 122 Å². The van der Waals surface area contributed by atoms with Crippen molar-refractivity contribution >= 4 is 22.4 Å². The number of hydrogen-bond acceptors (Lipinski definition) is 8. The van der Waals surface area contributed by atoms with Crippen molar-refractivity contribution in [2.24, 2.45) is 0 Å². The van der Waals surface area contributed by atoms with Gasteiger partial charge in [-0.15, -0.1) is 0 Å². The molecule has 6 aromatic heterocycles. The van der Waals surface area contributed by atoms with Gasteiger partial charge in [-0.25, -0.2) is 19.4 Å². The summed E-state index contributed by atoms with van der Waals surface area (Å²) < 4.78 is 3.83. The van der Waals surface area contributed by atoms with Crippen LogP contribution in [0.25, 0.3) is 56.1 Å². The van der Waals surface area contributed by atoms with E-state index in [0.29, 0.717) is 17.6 Å². The maximum atomic E-state index is 6.28. The van der Waals surface area contributed by atoms with Gasteiger partial charge >= 0.3 is 0 Å². The Kier molecular flexibility index (Phi) is 7.51. The van der Waals surface area contributed by atoms with Gasteiger partial charge in [-0.05, 0) is 73.5 Å². The fraction of sp³-hybridized carbons (Fsp3) is 0.154. The first kappa shape index (κ1) is 29.8. The van der Waals surface area contributed by atoms with E-state index in [0.717, 1.165) is 88.6 Å². The van der Waals surface area contributed by atoms with Crippen molar-refractivity contribution in [3.8, 4) is 39.6 Å². The molecule has 0 atom stereocenters. The molecule has 1 saturated heterocycles. The minimum Gasteiger partial charge on any atom is -0.381 e. The van der Waals surface area contributed by atoms with Gasteiger partial charge in [0.15, 0.2) is 17.3 Å². The summed E-state index contributed by atoms with van der Waals surface area (Å²) in [5.74, 6) is 2.40. The summed E-state index contributed by atoms with van der Waals surface area (Å²) in [6.07, 6.45) is 9.30. The largest absolute Gasteiger partial charge is 0.381 e. The zero-order chi connectivity index (χ0) is 33.4. The van der Waals surface area contributed by atoms with Crippen molar-refractivity contribution in [2.45, 2.75) is 25.3 Å². The molecule has 9 rings (SSSR count). The van der Waals surface area contributed by atoms with E-state index in [4.69, 9.17) is 15.7 Å². The van der Waals surface area contributed by atoms with E-state index in [-0.39, 0.29) is 0 Å². The predicted molar refractivity (Wildman–Crippen MR) is 192 cm³/mol. The highest BCUT2D eigenvalue weighted by Crippen LogP contribution is 2.35. The van der Waals surface area contributed by atoms with Crippen molar-refractivity contribution in [3.05, 3.63) is 133 Å². The molecule has 0 bridgehead atoms. The molecule has 0 unspecified atom stereocenters. The molecule has 0 radical (unpaired) electrons. The number of nitrogens with zero attached hydrogens (tertiary/aromatic N) is 9. The molecule has 11 heteroatoms. The topological polar surface area (TPSA) is 131 Å². The number of nitrogen functional groups attached to an aromatic ring is 1. The van der Waals surface area contributed by atoms with E-state index in [2.05, 4.69) is 84.8 Å².